The molecule has 0 aliphatic carbocycles. The van der Waals surface area contributed by atoms with Gasteiger partial charge in [-0.05, 0) is 26.0 Å². The predicted molar refractivity (Wildman–Crippen MR) is 62.2 cm³/mol. The number of carbonyl (C=O) groups excluding carboxylic acids is 1. The van der Waals surface area contributed by atoms with Crippen molar-refractivity contribution in [3.63, 3.8) is 0 Å². The van der Waals surface area contributed by atoms with Gasteiger partial charge in [0.25, 0.3) is 0 Å². The summed E-state index contributed by atoms with van der Waals surface area (Å²) in [6, 6.07) is 8.92. The van der Waals surface area contributed by atoms with Crippen LogP contribution in [-0.4, -0.2) is 22.9 Å². The minimum absolute atomic E-state index is 0.0116. The monoisotopic (exact) mass is 220 g/mol. The Hall–Kier alpha value is -1.55. The molecule has 1 aliphatic rings. The minimum atomic E-state index is -1.14. The molecule has 4 heteroatoms. The Kier molecular flexibility index (Phi) is 2.59. The maximum atomic E-state index is 11.9. The second-order valence-corrected chi connectivity index (χ2v) is 4.44. The van der Waals surface area contributed by atoms with E-state index in [0.717, 1.165) is 0 Å². The van der Waals surface area contributed by atoms with E-state index >= 15 is 0 Å². The Morgan fingerprint density at radius 2 is 2.06 bits per heavy atom. The molecule has 1 fully saturated rings. The Morgan fingerprint density at radius 1 is 1.44 bits per heavy atom. The van der Waals surface area contributed by atoms with Gasteiger partial charge in [-0.1, -0.05) is 18.2 Å². The minimum Gasteiger partial charge on any atom is -0.371 e. The molecule has 1 aliphatic heterocycles. The van der Waals surface area contributed by atoms with Gasteiger partial charge in [-0.2, -0.15) is 0 Å². The summed E-state index contributed by atoms with van der Waals surface area (Å²) in [5.41, 5.74) is -0.430. The SMILES string of the molecule is C[C@@H]1C[C@@](C)(O)N(c2ccccc2)C(=O)N1. The Balaban J connectivity index is 2.35. The summed E-state index contributed by atoms with van der Waals surface area (Å²) < 4.78 is 0. The van der Waals surface area contributed by atoms with Crippen molar-refractivity contribution < 1.29 is 9.90 Å². The van der Waals surface area contributed by atoms with E-state index in [0.29, 0.717) is 12.1 Å². The van der Waals surface area contributed by atoms with Crippen molar-refractivity contribution in [2.45, 2.75) is 32.0 Å². The number of amides is 2. The van der Waals surface area contributed by atoms with E-state index in [1.165, 1.54) is 4.90 Å². The number of aliphatic hydroxyl groups is 1. The zero-order chi connectivity index (χ0) is 11.8. The summed E-state index contributed by atoms with van der Waals surface area (Å²) >= 11 is 0. The summed E-state index contributed by atoms with van der Waals surface area (Å²) in [4.78, 5) is 13.3. The van der Waals surface area contributed by atoms with Crippen molar-refractivity contribution in [3.05, 3.63) is 30.3 Å². The van der Waals surface area contributed by atoms with Crippen LogP contribution in [0.1, 0.15) is 20.3 Å². The number of rotatable bonds is 1. The largest absolute Gasteiger partial charge is 0.371 e. The molecule has 4 nitrogen and oxygen atoms in total. The highest BCUT2D eigenvalue weighted by molar-refractivity contribution is 5.94. The zero-order valence-electron chi connectivity index (χ0n) is 9.47. The Morgan fingerprint density at radius 3 is 2.62 bits per heavy atom. The highest BCUT2D eigenvalue weighted by atomic mass is 16.3. The molecule has 0 aromatic heterocycles. The molecule has 0 bridgehead atoms. The fourth-order valence-corrected chi connectivity index (χ4v) is 2.19. The average molecular weight is 220 g/mol. The van der Waals surface area contributed by atoms with Crippen LogP contribution in [-0.2, 0) is 0 Å². The number of para-hydroxylation sites is 1. The first-order valence-corrected chi connectivity index (χ1v) is 5.39. The lowest BCUT2D eigenvalue weighted by Crippen LogP contribution is -2.62. The third-order valence-corrected chi connectivity index (χ3v) is 2.76. The van der Waals surface area contributed by atoms with Gasteiger partial charge in [-0.25, -0.2) is 4.79 Å². The lowest BCUT2D eigenvalue weighted by molar-refractivity contribution is 0.0344. The lowest BCUT2D eigenvalue weighted by Gasteiger charge is -2.43. The highest BCUT2D eigenvalue weighted by Gasteiger charge is 2.40. The van der Waals surface area contributed by atoms with Crippen LogP contribution in [0, 0.1) is 0 Å². The molecular formula is C12H16N2O2. The number of urea groups is 1. The summed E-state index contributed by atoms with van der Waals surface area (Å²) in [5, 5.41) is 13.1. The van der Waals surface area contributed by atoms with Crippen LogP contribution in [0.15, 0.2) is 30.3 Å². The highest BCUT2D eigenvalue weighted by Crippen LogP contribution is 2.28. The quantitative estimate of drug-likeness (QED) is 0.757. The van der Waals surface area contributed by atoms with Gasteiger partial charge < -0.3 is 10.4 Å². The molecule has 1 heterocycles. The molecule has 0 spiro atoms. The van der Waals surface area contributed by atoms with Gasteiger partial charge in [0.15, 0.2) is 0 Å². The van der Waals surface area contributed by atoms with Crippen LogP contribution in [0.4, 0.5) is 10.5 Å². The van der Waals surface area contributed by atoms with Gasteiger partial charge in [0.1, 0.15) is 5.72 Å². The number of nitrogens with zero attached hydrogens (tertiary/aromatic N) is 1. The first kappa shape index (κ1) is 11.0. The third-order valence-electron chi connectivity index (χ3n) is 2.76. The molecular weight excluding hydrogens is 204 g/mol. The molecule has 86 valence electrons. The Labute approximate surface area is 94.9 Å². The summed E-state index contributed by atoms with van der Waals surface area (Å²) in [6.45, 7) is 3.55. The van der Waals surface area contributed by atoms with Crippen LogP contribution in [0.5, 0.6) is 0 Å². The van der Waals surface area contributed by atoms with E-state index in [9.17, 15) is 9.90 Å². The van der Waals surface area contributed by atoms with E-state index in [4.69, 9.17) is 0 Å². The average Bonchev–Trinajstić information content (AvgIpc) is 2.15. The molecule has 2 amide bonds. The molecule has 1 aromatic carbocycles. The van der Waals surface area contributed by atoms with E-state index in [2.05, 4.69) is 5.32 Å². The van der Waals surface area contributed by atoms with Crippen molar-refractivity contribution in [1.29, 1.82) is 0 Å². The molecule has 0 unspecified atom stereocenters. The van der Waals surface area contributed by atoms with Gasteiger partial charge in [0.2, 0.25) is 0 Å². The van der Waals surface area contributed by atoms with Crippen molar-refractivity contribution in [2.24, 2.45) is 0 Å². The molecule has 2 N–H and O–H groups in total. The normalized spacial score (nSPS) is 30.1. The van der Waals surface area contributed by atoms with Gasteiger partial charge >= 0.3 is 6.03 Å². The van der Waals surface area contributed by atoms with Crippen LogP contribution >= 0.6 is 0 Å². The maximum absolute atomic E-state index is 11.9. The van der Waals surface area contributed by atoms with E-state index in [-0.39, 0.29) is 12.1 Å². The summed E-state index contributed by atoms with van der Waals surface area (Å²) in [5.74, 6) is 0. The van der Waals surface area contributed by atoms with Crippen LogP contribution < -0.4 is 10.2 Å². The van der Waals surface area contributed by atoms with Gasteiger partial charge in [0, 0.05) is 18.2 Å². The molecule has 1 aromatic rings. The van der Waals surface area contributed by atoms with Gasteiger partial charge in [0.05, 0.1) is 0 Å². The molecule has 0 saturated carbocycles. The molecule has 2 rings (SSSR count). The van der Waals surface area contributed by atoms with Crippen LogP contribution in [0.2, 0.25) is 0 Å². The second-order valence-electron chi connectivity index (χ2n) is 4.44. The van der Waals surface area contributed by atoms with Gasteiger partial charge in [-0.3, -0.25) is 4.90 Å². The third kappa shape index (κ3) is 1.88. The van der Waals surface area contributed by atoms with Crippen LogP contribution in [0.25, 0.3) is 0 Å². The van der Waals surface area contributed by atoms with Crippen molar-refractivity contribution >= 4 is 11.7 Å². The fourth-order valence-electron chi connectivity index (χ4n) is 2.19. The number of hydrogen-bond donors (Lipinski definition) is 2. The Bertz CT molecular complexity index is 389. The molecule has 0 radical (unpaired) electrons. The molecule has 1 saturated heterocycles. The lowest BCUT2D eigenvalue weighted by atomic mass is 10.0. The zero-order valence-corrected chi connectivity index (χ0v) is 9.47. The predicted octanol–water partition coefficient (Wildman–Crippen LogP) is 1.70. The van der Waals surface area contributed by atoms with E-state index < -0.39 is 5.72 Å². The number of benzene rings is 1. The smallest absolute Gasteiger partial charge is 0.324 e. The number of nitrogens with one attached hydrogen (secondary N) is 1. The first-order valence-electron chi connectivity index (χ1n) is 5.39. The van der Waals surface area contributed by atoms with Crippen LogP contribution in [0.3, 0.4) is 0 Å². The second kappa shape index (κ2) is 3.79. The van der Waals surface area contributed by atoms with Crippen molar-refractivity contribution in [1.82, 2.24) is 5.32 Å². The van der Waals surface area contributed by atoms with Gasteiger partial charge in [-0.15, -0.1) is 0 Å². The number of carbonyl (C=O) groups is 1. The van der Waals surface area contributed by atoms with E-state index in [1.807, 2.05) is 37.3 Å². The van der Waals surface area contributed by atoms with Crippen molar-refractivity contribution in [2.75, 3.05) is 4.90 Å². The topological polar surface area (TPSA) is 52.6 Å². The fraction of sp³-hybridized carbons (Fsp3) is 0.417. The maximum Gasteiger partial charge on any atom is 0.324 e. The molecule has 16 heavy (non-hydrogen) atoms. The molecule has 2 atom stereocenters. The number of anilines is 1. The number of hydrogen-bond acceptors (Lipinski definition) is 2. The van der Waals surface area contributed by atoms with E-state index in [1.54, 1.807) is 6.92 Å². The standard InChI is InChI=1S/C12H16N2O2/c1-9-8-12(2,16)14(11(15)13-9)10-6-4-3-5-7-10/h3-7,9,16H,8H2,1-2H3,(H,13,15)/t9-,12-/m1/s1. The summed E-state index contributed by atoms with van der Waals surface area (Å²) in [6.07, 6.45) is 0.508. The summed E-state index contributed by atoms with van der Waals surface area (Å²) in [7, 11) is 0. The van der Waals surface area contributed by atoms with Crippen molar-refractivity contribution in [3.8, 4) is 0 Å². The first-order chi connectivity index (χ1) is 7.50.